The predicted molar refractivity (Wildman–Crippen MR) is 92.6 cm³/mol. The van der Waals surface area contributed by atoms with Gasteiger partial charge in [0.15, 0.2) is 0 Å². The van der Waals surface area contributed by atoms with Gasteiger partial charge in [-0.1, -0.05) is 53.5 Å². The summed E-state index contributed by atoms with van der Waals surface area (Å²) < 4.78 is 32.5. The van der Waals surface area contributed by atoms with Gasteiger partial charge in [-0.3, -0.25) is 0 Å². The maximum Gasteiger partial charge on any atom is 0.328 e. The average Bonchev–Trinajstić information content (AvgIpc) is 2.56. The molecule has 5 nitrogen and oxygen atoms in total. The Kier molecular flexibility index (Phi) is 6.23. The summed E-state index contributed by atoms with van der Waals surface area (Å²) >= 11 is 11.7. The molecule has 0 aliphatic heterocycles. The minimum absolute atomic E-state index is 0.0953. The third kappa shape index (κ3) is 4.48. The van der Waals surface area contributed by atoms with Gasteiger partial charge in [0.05, 0.1) is 21.5 Å². The SMILES string of the molecule is CCOC(=O)[C@H](NS(=O)(=O)c1ccc(Cl)c(Cl)c1)c1ccccc1. The molecule has 2 aromatic rings. The highest BCUT2D eigenvalue weighted by Gasteiger charge is 2.28. The van der Waals surface area contributed by atoms with Crippen LogP contribution in [0.3, 0.4) is 0 Å². The van der Waals surface area contributed by atoms with Gasteiger partial charge in [0.2, 0.25) is 10.0 Å². The molecule has 8 heteroatoms. The summed E-state index contributed by atoms with van der Waals surface area (Å²) in [6, 6.07) is 11.2. The van der Waals surface area contributed by atoms with Gasteiger partial charge < -0.3 is 4.74 Å². The van der Waals surface area contributed by atoms with Crippen molar-refractivity contribution in [2.45, 2.75) is 17.9 Å². The van der Waals surface area contributed by atoms with Crippen molar-refractivity contribution in [1.82, 2.24) is 4.72 Å². The van der Waals surface area contributed by atoms with Gasteiger partial charge in [0.1, 0.15) is 6.04 Å². The van der Waals surface area contributed by atoms with Gasteiger partial charge in [-0.25, -0.2) is 13.2 Å². The molecule has 1 N–H and O–H groups in total. The van der Waals surface area contributed by atoms with E-state index in [-0.39, 0.29) is 21.5 Å². The summed E-state index contributed by atoms with van der Waals surface area (Å²) in [5.74, 6) is -0.688. The highest BCUT2D eigenvalue weighted by atomic mass is 35.5. The fourth-order valence-corrected chi connectivity index (χ4v) is 3.55. The molecule has 0 amide bonds. The van der Waals surface area contributed by atoms with E-state index in [1.54, 1.807) is 37.3 Å². The molecule has 0 aliphatic carbocycles. The number of nitrogens with one attached hydrogen (secondary N) is 1. The molecule has 2 rings (SSSR count). The lowest BCUT2D eigenvalue weighted by atomic mass is 10.1. The number of ether oxygens (including phenoxy) is 1. The van der Waals surface area contributed by atoms with Crippen LogP contribution in [-0.4, -0.2) is 21.0 Å². The summed E-state index contributed by atoms with van der Waals surface area (Å²) in [6.07, 6.45) is 0. The lowest BCUT2D eigenvalue weighted by Gasteiger charge is -2.18. The Morgan fingerprint density at radius 3 is 2.38 bits per heavy atom. The third-order valence-corrected chi connectivity index (χ3v) is 5.29. The first-order valence-electron chi connectivity index (χ1n) is 7.04. The quantitative estimate of drug-likeness (QED) is 0.768. The number of hydrogen-bond donors (Lipinski definition) is 1. The van der Waals surface area contributed by atoms with Crippen LogP contribution < -0.4 is 4.72 Å². The van der Waals surface area contributed by atoms with Crippen molar-refractivity contribution in [3.63, 3.8) is 0 Å². The first-order chi connectivity index (χ1) is 11.3. The van der Waals surface area contributed by atoms with E-state index in [1.807, 2.05) is 0 Å². The molecule has 1 atom stereocenters. The molecule has 0 spiro atoms. The number of hydrogen-bond acceptors (Lipinski definition) is 4. The van der Waals surface area contributed by atoms with Gasteiger partial charge in [-0.15, -0.1) is 0 Å². The van der Waals surface area contributed by atoms with Crippen LogP contribution >= 0.6 is 23.2 Å². The van der Waals surface area contributed by atoms with Crippen LogP contribution in [0.4, 0.5) is 0 Å². The number of rotatable bonds is 6. The van der Waals surface area contributed by atoms with Crippen LogP contribution in [0.5, 0.6) is 0 Å². The molecule has 0 saturated heterocycles. The summed E-state index contributed by atoms with van der Waals surface area (Å²) in [5.41, 5.74) is 0.472. The van der Waals surface area contributed by atoms with Gasteiger partial charge in [0, 0.05) is 0 Å². The highest BCUT2D eigenvalue weighted by Crippen LogP contribution is 2.26. The first kappa shape index (κ1) is 18.7. The van der Waals surface area contributed by atoms with Crippen LogP contribution in [-0.2, 0) is 19.6 Å². The number of benzene rings is 2. The molecule has 0 bridgehead atoms. The Balaban J connectivity index is 2.37. The van der Waals surface area contributed by atoms with Gasteiger partial charge in [0.25, 0.3) is 0 Å². The van der Waals surface area contributed by atoms with Gasteiger partial charge >= 0.3 is 5.97 Å². The van der Waals surface area contributed by atoms with E-state index in [1.165, 1.54) is 18.2 Å². The van der Waals surface area contributed by atoms with Crippen molar-refractivity contribution in [3.8, 4) is 0 Å². The fraction of sp³-hybridized carbons (Fsp3) is 0.188. The second-order valence-electron chi connectivity index (χ2n) is 4.79. The Bertz CT molecular complexity index is 825. The largest absolute Gasteiger partial charge is 0.465 e. The first-order valence-corrected chi connectivity index (χ1v) is 9.28. The molecule has 0 heterocycles. The zero-order valence-electron chi connectivity index (χ0n) is 12.7. The number of esters is 1. The van der Waals surface area contributed by atoms with Gasteiger partial charge in [-0.05, 0) is 30.7 Å². The minimum Gasteiger partial charge on any atom is -0.465 e. The molecule has 24 heavy (non-hydrogen) atoms. The molecular weight excluding hydrogens is 373 g/mol. The van der Waals surface area contributed by atoms with Crippen LogP contribution in [0.1, 0.15) is 18.5 Å². The van der Waals surface area contributed by atoms with Crippen molar-refractivity contribution in [1.29, 1.82) is 0 Å². The van der Waals surface area contributed by atoms with E-state index in [0.29, 0.717) is 5.56 Å². The fourth-order valence-electron chi connectivity index (χ4n) is 1.99. The summed E-state index contributed by atoms with van der Waals surface area (Å²) in [6.45, 7) is 1.78. The maximum absolute atomic E-state index is 12.6. The van der Waals surface area contributed by atoms with Crippen molar-refractivity contribution in [2.75, 3.05) is 6.61 Å². The van der Waals surface area contributed by atoms with Crippen LogP contribution in [0.15, 0.2) is 53.4 Å². The number of halogens is 2. The van der Waals surface area contributed by atoms with E-state index in [2.05, 4.69) is 4.72 Å². The smallest absolute Gasteiger partial charge is 0.328 e. The molecule has 0 aromatic heterocycles. The van der Waals surface area contributed by atoms with E-state index in [4.69, 9.17) is 27.9 Å². The molecule has 0 radical (unpaired) electrons. The van der Waals surface area contributed by atoms with Gasteiger partial charge in [-0.2, -0.15) is 4.72 Å². The van der Waals surface area contributed by atoms with Crippen molar-refractivity contribution < 1.29 is 17.9 Å². The third-order valence-electron chi connectivity index (χ3n) is 3.13. The Labute approximate surface area is 150 Å². The second-order valence-corrected chi connectivity index (χ2v) is 7.32. The summed E-state index contributed by atoms with van der Waals surface area (Å²) in [5, 5.41) is 0.340. The predicted octanol–water partition coefficient (Wildman–Crippen LogP) is 3.58. The lowest BCUT2D eigenvalue weighted by molar-refractivity contribution is -0.145. The number of sulfonamides is 1. The molecule has 0 fully saturated rings. The Morgan fingerprint density at radius 2 is 1.79 bits per heavy atom. The standard InChI is InChI=1S/C16H15Cl2NO4S/c1-2-23-16(20)15(11-6-4-3-5-7-11)19-24(21,22)12-8-9-13(17)14(18)10-12/h3-10,15,19H,2H2,1H3/t15-/m1/s1. The van der Waals surface area contributed by atoms with Crippen molar-refractivity contribution >= 4 is 39.2 Å². The van der Waals surface area contributed by atoms with Crippen molar-refractivity contribution in [2.24, 2.45) is 0 Å². The molecular formula is C16H15Cl2NO4S. The van der Waals surface area contributed by atoms with Crippen LogP contribution in [0.2, 0.25) is 10.0 Å². The minimum atomic E-state index is -4.00. The molecule has 0 aliphatic rings. The topological polar surface area (TPSA) is 72.5 Å². The maximum atomic E-state index is 12.6. The van der Waals surface area contributed by atoms with E-state index < -0.39 is 22.0 Å². The van der Waals surface area contributed by atoms with E-state index in [9.17, 15) is 13.2 Å². The van der Waals surface area contributed by atoms with Crippen LogP contribution in [0, 0.1) is 0 Å². The Hall–Kier alpha value is -1.60. The molecule has 128 valence electrons. The van der Waals surface area contributed by atoms with E-state index in [0.717, 1.165) is 0 Å². The highest BCUT2D eigenvalue weighted by molar-refractivity contribution is 7.89. The molecule has 2 aromatic carbocycles. The lowest BCUT2D eigenvalue weighted by Crippen LogP contribution is -2.35. The Morgan fingerprint density at radius 1 is 1.12 bits per heavy atom. The number of carbonyl (C=O) groups is 1. The monoisotopic (exact) mass is 387 g/mol. The normalized spacial score (nSPS) is 12.6. The number of carbonyl (C=O) groups excluding carboxylic acids is 1. The zero-order chi connectivity index (χ0) is 17.7. The summed E-state index contributed by atoms with van der Waals surface area (Å²) in [4.78, 5) is 12.1. The summed E-state index contributed by atoms with van der Waals surface area (Å²) in [7, 11) is -4.00. The second kappa shape index (κ2) is 7.98. The van der Waals surface area contributed by atoms with Crippen LogP contribution in [0.25, 0.3) is 0 Å². The molecule has 0 unspecified atom stereocenters. The van der Waals surface area contributed by atoms with E-state index >= 15 is 0 Å². The zero-order valence-corrected chi connectivity index (χ0v) is 15.0. The van der Waals surface area contributed by atoms with Crippen molar-refractivity contribution in [3.05, 3.63) is 64.1 Å². The molecule has 0 saturated carbocycles. The average molecular weight is 388 g/mol.